The SMILES string of the molecule is CC(C)(C)OC(=O)CNC(=O)[C@H](CCNOC(=O)c1ccccc1)NC(=O)CC[C@H](NC(=O)OC(C)(C)C)C(=O)OC(C)(C)C. The van der Waals surface area contributed by atoms with Crippen molar-refractivity contribution in [3.63, 3.8) is 0 Å². The van der Waals surface area contributed by atoms with Gasteiger partial charge in [0, 0.05) is 13.0 Å². The summed E-state index contributed by atoms with van der Waals surface area (Å²) in [4.78, 5) is 80.4. The van der Waals surface area contributed by atoms with Crippen LogP contribution in [0, 0.1) is 0 Å². The molecule has 0 spiro atoms. The molecule has 0 unspecified atom stereocenters. The van der Waals surface area contributed by atoms with E-state index in [-0.39, 0.29) is 25.8 Å². The van der Waals surface area contributed by atoms with Crippen LogP contribution in [0.3, 0.4) is 0 Å². The molecule has 4 N–H and O–H groups in total. The summed E-state index contributed by atoms with van der Waals surface area (Å²) in [6, 6.07) is 5.85. The number of hydroxylamine groups is 1. The Hall–Kier alpha value is -4.20. The van der Waals surface area contributed by atoms with E-state index in [0.29, 0.717) is 5.56 Å². The van der Waals surface area contributed by atoms with E-state index < -0.39 is 71.2 Å². The van der Waals surface area contributed by atoms with Gasteiger partial charge in [-0.25, -0.2) is 14.4 Å². The van der Waals surface area contributed by atoms with Crippen molar-refractivity contribution < 1.29 is 47.8 Å². The zero-order chi connectivity index (χ0) is 34.4. The number of rotatable bonds is 14. The van der Waals surface area contributed by atoms with Gasteiger partial charge < -0.3 is 35.0 Å². The minimum absolute atomic E-state index is 0.0376. The summed E-state index contributed by atoms with van der Waals surface area (Å²) in [5.74, 6) is -3.41. The van der Waals surface area contributed by atoms with Crippen molar-refractivity contribution in [3.05, 3.63) is 35.9 Å². The van der Waals surface area contributed by atoms with E-state index in [9.17, 15) is 28.8 Å². The standard InChI is InChI=1S/C31H48N4O10/c1-29(2,3)42-24(37)19-32-25(38)21(17-18-33-45-26(39)20-13-11-10-12-14-20)34-23(36)16-15-22(27(40)43-30(4,5)6)35-28(41)44-31(7,8)9/h10-14,21-22,33H,15-19H2,1-9H3,(H,32,38)(H,34,36)(H,35,41)/t21-,22-/m0/s1. The number of nitrogens with one attached hydrogen (secondary N) is 4. The maximum atomic E-state index is 13.0. The second-order valence-electron chi connectivity index (χ2n) is 13.1. The lowest BCUT2D eigenvalue weighted by Gasteiger charge is -2.26. The molecule has 252 valence electrons. The molecule has 0 saturated carbocycles. The fraction of sp³-hybridized carbons (Fsp3) is 0.613. The molecule has 0 aromatic heterocycles. The van der Waals surface area contributed by atoms with Gasteiger partial charge in [-0.1, -0.05) is 18.2 Å². The molecule has 0 aliphatic rings. The molecule has 0 aliphatic heterocycles. The summed E-state index contributed by atoms with van der Waals surface area (Å²) in [5, 5.41) is 7.43. The fourth-order valence-corrected chi connectivity index (χ4v) is 3.50. The molecule has 45 heavy (non-hydrogen) atoms. The van der Waals surface area contributed by atoms with Crippen LogP contribution in [0.2, 0.25) is 0 Å². The van der Waals surface area contributed by atoms with Gasteiger partial charge in [0.05, 0.1) is 5.56 Å². The van der Waals surface area contributed by atoms with E-state index in [1.807, 2.05) is 0 Å². The Morgan fingerprint density at radius 2 is 1.29 bits per heavy atom. The van der Waals surface area contributed by atoms with Crippen LogP contribution in [0.1, 0.15) is 91.9 Å². The number of esters is 2. The molecule has 0 aliphatic carbocycles. The first kappa shape index (κ1) is 38.8. The van der Waals surface area contributed by atoms with Gasteiger partial charge in [0.1, 0.15) is 35.4 Å². The molecule has 3 amide bonds. The van der Waals surface area contributed by atoms with Crippen molar-refractivity contribution in [3.8, 4) is 0 Å². The van der Waals surface area contributed by atoms with Crippen LogP contribution in [0.15, 0.2) is 30.3 Å². The Kier molecular flexibility index (Phi) is 15.0. The van der Waals surface area contributed by atoms with Crippen LogP contribution in [0.5, 0.6) is 0 Å². The van der Waals surface area contributed by atoms with Crippen molar-refractivity contribution in [2.45, 2.75) is 110 Å². The van der Waals surface area contributed by atoms with Crippen molar-refractivity contribution >= 4 is 35.8 Å². The van der Waals surface area contributed by atoms with Gasteiger partial charge in [-0.05, 0) is 87.3 Å². The van der Waals surface area contributed by atoms with E-state index in [2.05, 4.69) is 21.4 Å². The smallest absolute Gasteiger partial charge is 0.408 e. The second-order valence-corrected chi connectivity index (χ2v) is 13.1. The van der Waals surface area contributed by atoms with E-state index >= 15 is 0 Å². The maximum absolute atomic E-state index is 13.0. The minimum atomic E-state index is -1.22. The summed E-state index contributed by atoms with van der Waals surface area (Å²) in [6.45, 7) is 14.5. The van der Waals surface area contributed by atoms with Crippen LogP contribution < -0.4 is 21.4 Å². The van der Waals surface area contributed by atoms with Crippen LogP contribution in [0.25, 0.3) is 0 Å². The summed E-state index contributed by atoms with van der Waals surface area (Å²) < 4.78 is 15.8. The number of ether oxygens (including phenoxy) is 3. The molecular weight excluding hydrogens is 588 g/mol. The lowest BCUT2D eigenvalue weighted by atomic mass is 10.1. The molecule has 0 fully saturated rings. The van der Waals surface area contributed by atoms with Crippen LogP contribution in [0.4, 0.5) is 4.79 Å². The average Bonchev–Trinajstić information content (AvgIpc) is 2.88. The number of carbonyl (C=O) groups is 6. The number of benzene rings is 1. The topological polar surface area (TPSA) is 187 Å². The quantitative estimate of drug-likeness (QED) is 0.102. The summed E-state index contributed by atoms with van der Waals surface area (Å²) in [7, 11) is 0. The fourth-order valence-electron chi connectivity index (χ4n) is 3.50. The van der Waals surface area contributed by atoms with Gasteiger partial charge in [0.2, 0.25) is 11.8 Å². The largest absolute Gasteiger partial charge is 0.459 e. The van der Waals surface area contributed by atoms with E-state index in [1.54, 1.807) is 92.6 Å². The normalized spacial score (nSPS) is 13.0. The highest BCUT2D eigenvalue weighted by Crippen LogP contribution is 2.13. The monoisotopic (exact) mass is 636 g/mol. The average molecular weight is 637 g/mol. The Labute approximate surface area is 264 Å². The third-order valence-corrected chi connectivity index (χ3v) is 5.23. The van der Waals surface area contributed by atoms with E-state index in [0.717, 1.165) is 0 Å². The van der Waals surface area contributed by atoms with Gasteiger partial charge in [0.15, 0.2) is 0 Å². The van der Waals surface area contributed by atoms with Gasteiger partial charge >= 0.3 is 24.0 Å². The highest BCUT2D eigenvalue weighted by Gasteiger charge is 2.30. The molecule has 1 rings (SSSR count). The highest BCUT2D eigenvalue weighted by molar-refractivity contribution is 5.90. The third-order valence-electron chi connectivity index (χ3n) is 5.23. The lowest BCUT2D eigenvalue weighted by molar-refractivity contribution is -0.158. The van der Waals surface area contributed by atoms with Crippen molar-refractivity contribution in [2.24, 2.45) is 0 Å². The van der Waals surface area contributed by atoms with Crippen molar-refractivity contribution in [1.29, 1.82) is 0 Å². The number of hydrogen-bond donors (Lipinski definition) is 4. The highest BCUT2D eigenvalue weighted by atomic mass is 16.7. The third kappa shape index (κ3) is 18.3. The molecule has 0 radical (unpaired) electrons. The summed E-state index contributed by atoms with van der Waals surface area (Å²) >= 11 is 0. The van der Waals surface area contributed by atoms with Crippen LogP contribution in [-0.2, 0) is 38.2 Å². The first-order chi connectivity index (χ1) is 20.6. The van der Waals surface area contributed by atoms with Crippen molar-refractivity contribution in [2.75, 3.05) is 13.1 Å². The molecule has 14 nitrogen and oxygen atoms in total. The molecule has 1 aromatic carbocycles. The van der Waals surface area contributed by atoms with Gasteiger partial charge in [0.25, 0.3) is 0 Å². The number of alkyl carbamates (subject to hydrolysis) is 1. The molecule has 2 atom stereocenters. The molecular formula is C31H48N4O10. The summed E-state index contributed by atoms with van der Waals surface area (Å²) in [5.41, 5.74) is 0.326. The first-order valence-corrected chi connectivity index (χ1v) is 14.7. The summed E-state index contributed by atoms with van der Waals surface area (Å²) in [6.07, 6.45) is -1.36. The minimum Gasteiger partial charge on any atom is -0.459 e. The van der Waals surface area contributed by atoms with E-state index in [4.69, 9.17) is 19.0 Å². The lowest BCUT2D eigenvalue weighted by Crippen LogP contribution is -2.50. The predicted octanol–water partition coefficient (Wildman–Crippen LogP) is 2.70. The Balaban J connectivity index is 2.90. The molecule has 0 bridgehead atoms. The first-order valence-electron chi connectivity index (χ1n) is 14.7. The van der Waals surface area contributed by atoms with E-state index in [1.165, 1.54) is 0 Å². The Morgan fingerprint density at radius 3 is 1.84 bits per heavy atom. The second kappa shape index (κ2) is 17.3. The maximum Gasteiger partial charge on any atom is 0.408 e. The molecule has 14 heteroatoms. The molecule has 1 aromatic rings. The van der Waals surface area contributed by atoms with Gasteiger partial charge in [-0.2, -0.15) is 5.48 Å². The Bertz CT molecular complexity index is 1170. The predicted molar refractivity (Wildman–Crippen MR) is 163 cm³/mol. The zero-order valence-electron chi connectivity index (χ0n) is 27.7. The van der Waals surface area contributed by atoms with Crippen LogP contribution in [-0.4, -0.2) is 77.8 Å². The zero-order valence-corrected chi connectivity index (χ0v) is 27.7. The Morgan fingerprint density at radius 1 is 0.711 bits per heavy atom. The van der Waals surface area contributed by atoms with Gasteiger partial charge in [-0.3, -0.25) is 14.4 Å². The number of hydrogen-bond acceptors (Lipinski definition) is 11. The molecule has 0 heterocycles. The van der Waals surface area contributed by atoms with Gasteiger partial charge in [-0.15, -0.1) is 0 Å². The number of amides is 3. The van der Waals surface area contributed by atoms with Crippen LogP contribution >= 0.6 is 0 Å². The number of carbonyl (C=O) groups excluding carboxylic acids is 6. The molecule has 0 saturated heterocycles. The van der Waals surface area contributed by atoms with Crippen molar-refractivity contribution in [1.82, 2.24) is 21.4 Å².